The zero-order chi connectivity index (χ0) is 22.7. The molecular weight excluding hydrogens is 415 g/mol. The fourth-order valence-electron chi connectivity index (χ4n) is 4.02. The molecular formula is C24H27FN2O5. The van der Waals surface area contributed by atoms with Crippen LogP contribution in [0.2, 0.25) is 0 Å². The lowest BCUT2D eigenvalue weighted by molar-refractivity contribution is -0.131. The second-order valence-corrected chi connectivity index (χ2v) is 8.20. The molecule has 32 heavy (non-hydrogen) atoms. The van der Waals surface area contributed by atoms with Crippen molar-refractivity contribution < 1.29 is 28.2 Å². The lowest BCUT2D eigenvalue weighted by Gasteiger charge is -2.19. The highest BCUT2D eigenvalue weighted by Gasteiger charge is 2.32. The normalized spacial score (nSPS) is 20.5. The molecule has 4 rings (SSSR count). The van der Waals surface area contributed by atoms with Gasteiger partial charge < -0.3 is 24.4 Å². The van der Waals surface area contributed by atoms with E-state index in [2.05, 4.69) is 5.32 Å². The molecule has 2 amide bonds. The van der Waals surface area contributed by atoms with Gasteiger partial charge >= 0.3 is 0 Å². The summed E-state index contributed by atoms with van der Waals surface area (Å²) in [7, 11) is 1.59. The van der Waals surface area contributed by atoms with Crippen LogP contribution in [0.5, 0.6) is 11.5 Å². The first-order valence-corrected chi connectivity index (χ1v) is 10.7. The zero-order valence-corrected chi connectivity index (χ0v) is 18.2. The molecule has 2 aromatic carbocycles. The summed E-state index contributed by atoms with van der Waals surface area (Å²) >= 11 is 0. The van der Waals surface area contributed by atoms with Crippen molar-refractivity contribution in [1.82, 2.24) is 4.90 Å². The predicted molar refractivity (Wildman–Crippen MR) is 117 cm³/mol. The minimum atomic E-state index is -0.387. The van der Waals surface area contributed by atoms with E-state index in [0.29, 0.717) is 48.9 Å². The quantitative estimate of drug-likeness (QED) is 0.712. The first-order chi connectivity index (χ1) is 15.4. The van der Waals surface area contributed by atoms with Crippen LogP contribution in [0.15, 0.2) is 36.4 Å². The number of amides is 2. The van der Waals surface area contributed by atoms with E-state index in [1.807, 2.05) is 18.2 Å². The van der Waals surface area contributed by atoms with Crippen LogP contribution in [0.25, 0.3) is 0 Å². The van der Waals surface area contributed by atoms with Gasteiger partial charge in [0, 0.05) is 31.0 Å². The van der Waals surface area contributed by atoms with Crippen LogP contribution < -0.4 is 14.8 Å². The Labute approximate surface area is 186 Å². The van der Waals surface area contributed by atoms with Crippen LogP contribution in [0.3, 0.4) is 0 Å². The predicted octanol–water partition coefficient (Wildman–Crippen LogP) is 3.27. The Hall–Kier alpha value is -3.13. The third kappa shape index (κ3) is 5.02. The second kappa shape index (κ2) is 9.56. The van der Waals surface area contributed by atoms with Gasteiger partial charge in [0.25, 0.3) is 0 Å². The van der Waals surface area contributed by atoms with Crippen LogP contribution >= 0.6 is 0 Å². The largest absolute Gasteiger partial charge is 0.493 e. The van der Waals surface area contributed by atoms with Gasteiger partial charge in [-0.2, -0.15) is 0 Å². The van der Waals surface area contributed by atoms with Crippen molar-refractivity contribution in [2.45, 2.75) is 31.8 Å². The highest BCUT2D eigenvalue weighted by molar-refractivity contribution is 5.95. The molecule has 170 valence electrons. The summed E-state index contributed by atoms with van der Waals surface area (Å²) in [6.07, 6.45) is 1.12. The van der Waals surface area contributed by atoms with Crippen LogP contribution in [0.4, 0.5) is 10.1 Å². The number of ether oxygens (including phenoxy) is 3. The van der Waals surface area contributed by atoms with Crippen molar-refractivity contribution in [3.05, 3.63) is 53.3 Å². The fraction of sp³-hybridized carbons (Fsp3) is 0.417. The Kier molecular flexibility index (Phi) is 6.60. The van der Waals surface area contributed by atoms with E-state index >= 15 is 0 Å². The minimum absolute atomic E-state index is 0.0174. The molecule has 0 unspecified atom stereocenters. The molecule has 2 aliphatic rings. The Morgan fingerprint density at radius 1 is 1.25 bits per heavy atom. The number of aryl methyl sites for hydroxylation is 1. The molecule has 2 heterocycles. The van der Waals surface area contributed by atoms with Gasteiger partial charge in [-0.1, -0.05) is 12.1 Å². The number of carbonyl (C=O) groups excluding carboxylic acids is 2. The first kappa shape index (κ1) is 22.1. The molecule has 2 atom stereocenters. The lowest BCUT2D eigenvalue weighted by Crippen LogP contribution is -2.34. The molecule has 0 aliphatic carbocycles. The Morgan fingerprint density at radius 2 is 2.09 bits per heavy atom. The smallest absolute Gasteiger partial charge is 0.243 e. The summed E-state index contributed by atoms with van der Waals surface area (Å²) in [5, 5.41) is 2.66. The van der Waals surface area contributed by atoms with E-state index < -0.39 is 0 Å². The molecule has 2 fully saturated rings. The number of benzene rings is 2. The van der Waals surface area contributed by atoms with Crippen molar-refractivity contribution in [2.75, 3.05) is 38.7 Å². The van der Waals surface area contributed by atoms with Gasteiger partial charge in [0.1, 0.15) is 11.9 Å². The van der Waals surface area contributed by atoms with Crippen LogP contribution in [0, 0.1) is 12.7 Å². The van der Waals surface area contributed by atoms with Crippen LogP contribution in [-0.4, -0.2) is 56.2 Å². The topological polar surface area (TPSA) is 77.1 Å². The zero-order valence-electron chi connectivity index (χ0n) is 18.2. The average Bonchev–Trinajstić information content (AvgIpc) is 3.40. The molecule has 0 aromatic heterocycles. The van der Waals surface area contributed by atoms with Crippen LogP contribution in [0.1, 0.15) is 29.9 Å². The van der Waals surface area contributed by atoms with E-state index in [-0.39, 0.29) is 36.2 Å². The van der Waals surface area contributed by atoms with Gasteiger partial charge in [0.2, 0.25) is 11.8 Å². The minimum Gasteiger partial charge on any atom is -0.493 e. The van der Waals surface area contributed by atoms with Gasteiger partial charge in [0.15, 0.2) is 11.5 Å². The molecule has 2 aromatic rings. The Bertz CT molecular complexity index is 1010. The third-order valence-electron chi connectivity index (χ3n) is 5.85. The second-order valence-electron chi connectivity index (χ2n) is 8.20. The summed E-state index contributed by atoms with van der Waals surface area (Å²) in [6.45, 7) is 3.22. The number of anilines is 1. The van der Waals surface area contributed by atoms with Crippen molar-refractivity contribution >= 4 is 17.5 Å². The third-order valence-corrected chi connectivity index (χ3v) is 5.85. The van der Waals surface area contributed by atoms with Crippen molar-refractivity contribution in [3.8, 4) is 11.5 Å². The number of methoxy groups -OCH3 is 1. The van der Waals surface area contributed by atoms with Crippen molar-refractivity contribution in [3.63, 3.8) is 0 Å². The molecule has 2 aliphatic heterocycles. The van der Waals surface area contributed by atoms with E-state index in [1.165, 1.54) is 11.0 Å². The molecule has 0 radical (unpaired) electrons. The standard InChI is InChI=1S/C24H27FN2O5/c1-15-3-5-18(11-20(15)25)26-23(28)13-27-12-17(10-24(27)29)16-4-6-21(30-2)22(9-16)32-19-7-8-31-14-19/h3-6,9,11,17,19H,7-8,10,12-14H2,1-2H3,(H,26,28)/t17-,19-/m1/s1. The maximum Gasteiger partial charge on any atom is 0.243 e. The van der Waals surface area contributed by atoms with E-state index in [9.17, 15) is 14.0 Å². The number of hydrogen-bond donors (Lipinski definition) is 1. The van der Waals surface area contributed by atoms with E-state index in [4.69, 9.17) is 14.2 Å². The molecule has 0 spiro atoms. The lowest BCUT2D eigenvalue weighted by atomic mass is 9.98. The summed E-state index contributed by atoms with van der Waals surface area (Å²) in [5.74, 6) is 0.365. The average molecular weight is 442 g/mol. The maximum absolute atomic E-state index is 13.7. The summed E-state index contributed by atoms with van der Waals surface area (Å²) < 4.78 is 30.6. The van der Waals surface area contributed by atoms with E-state index in [0.717, 1.165) is 12.0 Å². The maximum atomic E-state index is 13.7. The SMILES string of the molecule is COc1ccc([C@@H]2CC(=O)N(CC(=O)Nc3ccc(C)c(F)c3)C2)cc1O[C@@H]1CCOC1. The van der Waals surface area contributed by atoms with Gasteiger partial charge in [0.05, 0.1) is 26.9 Å². The number of carbonyl (C=O) groups is 2. The summed E-state index contributed by atoms with van der Waals surface area (Å²) in [5.41, 5.74) is 1.83. The number of likely N-dealkylation sites (tertiary alicyclic amines) is 1. The number of rotatable bonds is 7. The molecule has 8 heteroatoms. The Balaban J connectivity index is 1.40. The van der Waals surface area contributed by atoms with Crippen molar-refractivity contribution in [1.29, 1.82) is 0 Å². The van der Waals surface area contributed by atoms with Crippen molar-refractivity contribution in [2.24, 2.45) is 0 Å². The fourth-order valence-corrected chi connectivity index (χ4v) is 4.02. The summed E-state index contributed by atoms with van der Waals surface area (Å²) in [4.78, 5) is 26.5. The molecule has 0 saturated carbocycles. The number of nitrogens with one attached hydrogen (secondary N) is 1. The number of nitrogens with zero attached hydrogens (tertiary/aromatic N) is 1. The number of hydrogen-bond acceptors (Lipinski definition) is 5. The number of halogens is 1. The molecule has 0 bridgehead atoms. The highest BCUT2D eigenvalue weighted by Crippen LogP contribution is 2.36. The van der Waals surface area contributed by atoms with Gasteiger partial charge in [-0.15, -0.1) is 0 Å². The molecule has 7 nitrogen and oxygen atoms in total. The van der Waals surface area contributed by atoms with Crippen LogP contribution in [-0.2, 0) is 14.3 Å². The van der Waals surface area contributed by atoms with Gasteiger partial charge in [-0.05, 0) is 42.3 Å². The van der Waals surface area contributed by atoms with Gasteiger partial charge in [-0.25, -0.2) is 4.39 Å². The van der Waals surface area contributed by atoms with E-state index in [1.54, 1.807) is 26.2 Å². The monoisotopic (exact) mass is 442 g/mol. The first-order valence-electron chi connectivity index (χ1n) is 10.7. The highest BCUT2D eigenvalue weighted by atomic mass is 19.1. The molecule has 1 N–H and O–H groups in total. The Morgan fingerprint density at radius 3 is 2.81 bits per heavy atom. The molecule has 2 saturated heterocycles. The van der Waals surface area contributed by atoms with Gasteiger partial charge in [-0.3, -0.25) is 9.59 Å². The summed E-state index contributed by atoms with van der Waals surface area (Å²) in [6, 6.07) is 10.2.